The van der Waals surface area contributed by atoms with Gasteiger partial charge in [0, 0.05) is 18.8 Å². The van der Waals surface area contributed by atoms with Crippen molar-refractivity contribution < 1.29 is 14.3 Å². The number of hydrogen-bond donors (Lipinski definition) is 0. The van der Waals surface area contributed by atoms with Crippen LogP contribution >= 0.6 is 0 Å². The van der Waals surface area contributed by atoms with Gasteiger partial charge >= 0.3 is 5.97 Å². The van der Waals surface area contributed by atoms with Crippen molar-refractivity contribution in [1.82, 2.24) is 4.57 Å². The molecule has 0 N–H and O–H groups in total. The van der Waals surface area contributed by atoms with Gasteiger partial charge in [0.1, 0.15) is 11.9 Å². The predicted molar refractivity (Wildman–Crippen MR) is 64.6 cm³/mol. The van der Waals surface area contributed by atoms with Crippen LogP contribution in [-0.2, 0) is 14.3 Å². The fourth-order valence-corrected chi connectivity index (χ4v) is 1.51. The summed E-state index contributed by atoms with van der Waals surface area (Å²) in [6.07, 6.45) is 5.19. The van der Waals surface area contributed by atoms with Crippen molar-refractivity contribution >= 4 is 12.3 Å². The summed E-state index contributed by atoms with van der Waals surface area (Å²) >= 11 is 0. The van der Waals surface area contributed by atoms with Gasteiger partial charge < -0.3 is 14.1 Å². The molecular formula is C13H19NO3. The number of esters is 1. The third-order valence-electron chi connectivity index (χ3n) is 2.23. The number of aldehydes is 1. The molecule has 0 unspecified atom stereocenters. The molecule has 0 radical (unpaired) electrons. The summed E-state index contributed by atoms with van der Waals surface area (Å²) < 4.78 is 6.97. The number of hydrogen-bond acceptors (Lipinski definition) is 3. The molecule has 0 aromatic carbocycles. The minimum atomic E-state index is -0.471. The zero-order valence-electron chi connectivity index (χ0n) is 10.6. The van der Waals surface area contributed by atoms with Gasteiger partial charge in [-0.2, -0.15) is 0 Å². The molecule has 1 aromatic heterocycles. The molecule has 94 valence electrons. The molecule has 1 heterocycles. The normalized spacial score (nSPS) is 13.1. The summed E-state index contributed by atoms with van der Waals surface area (Å²) in [6, 6.07) is 3.41. The van der Waals surface area contributed by atoms with E-state index in [9.17, 15) is 9.59 Å². The number of nitrogens with zero attached hydrogens (tertiary/aromatic N) is 1. The largest absolute Gasteiger partial charge is 0.460 e. The van der Waals surface area contributed by atoms with Crippen LogP contribution in [0.3, 0.4) is 0 Å². The quantitative estimate of drug-likeness (QED) is 0.583. The van der Waals surface area contributed by atoms with Crippen molar-refractivity contribution in [3.8, 4) is 0 Å². The standard InChI is InChI=1S/C13H19NO3/c1-13(2,3)17-12(16)7-6-11(10-15)14-8-4-5-9-14/h4-5,8-11H,6-7H2,1-3H3/t11-/m0/s1. The highest BCUT2D eigenvalue weighted by Gasteiger charge is 2.18. The van der Waals surface area contributed by atoms with Gasteiger partial charge in [0.15, 0.2) is 0 Å². The molecule has 0 aliphatic carbocycles. The molecule has 0 bridgehead atoms. The molecule has 4 nitrogen and oxygen atoms in total. The summed E-state index contributed by atoms with van der Waals surface area (Å²) in [5, 5.41) is 0. The van der Waals surface area contributed by atoms with Crippen molar-refractivity contribution in [1.29, 1.82) is 0 Å². The Bertz CT molecular complexity index is 363. The van der Waals surface area contributed by atoms with Gasteiger partial charge in [-0.25, -0.2) is 0 Å². The fraction of sp³-hybridized carbons (Fsp3) is 0.538. The first-order valence-corrected chi connectivity index (χ1v) is 5.72. The van der Waals surface area contributed by atoms with Crippen LogP contribution in [-0.4, -0.2) is 22.4 Å². The molecular weight excluding hydrogens is 218 g/mol. The molecule has 1 atom stereocenters. The third kappa shape index (κ3) is 4.85. The first-order valence-electron chi connectivity index (χ1n) is 5.72. The minimum absolute atomic E-state index is 0.249. The lowest BCUT2D eigenvalue weighted by Crippen LogP contribution is -2.24. The van der Waals surface area contributed by atoms with E-state index in [-0.39, 0.29) is 18.4 Å². The molecule has 0 spiro atoms. The maximum atomic E-state index is 11.5. The van der Waals surface area contributed by atoms with Gasteiger partial charge in [0.05, 0.1) is 6.04 Å². The van der Waals surface area contributed by atoms with E-state index in [4.69, 9.17) is 4.74 Å². The highest BCUT2D eigenvalue weighted by Crippen LogP contribution is 2.14. The van der Waals surface area contributed by atoms with Gasteiger partial charge in [-0.3, -0.25) is 4.79 Å². The monoisotopic (exact) mass is 237 g/mol. The molecule has 17 heavy (non-hydrogen) atoms. The molecule has 1 aromatic rings. The number of rotatable bonds is 5. The second-order valence-corrected chi connectivity index (χ2v) is 4.96. The topological polar surface area (TPSA) is 48.3 Å². The van der Waals surface area contributed by atoms with E-state index in [1.54, 1.807) is 4.57 Å². The smallest absolute Gasteiger partial charge is 0.306 e. The summed E-state index contributed by atoms with van der Waals surface area (Å²) in [4.78, 5) is 22.4. The van der Waals surface area contributed by atoms with E-state index in [1.807, 2.05) is 45.3 Å². The number of ether oxygens (including phenoxy) is 1. The Hall–Kier alpha value is -1.58. The van der Waals surface area contributed by atoms with Crippen molar-refractivity contribution in [3.05, 3.63) is 24.5 Å². The molecule has 4 heteroatoms. The van der Waals surface area contributed by atoms with Crippen LogP contribution in [0.25, 0.3) is 0 Å². The van der Waals surface area contributed by atoms with Crippen LogP contribution < -0.4 is 0 Å². The number of carbonyl (C=O) groups is 2. The van der Waals surface area contributed by atoms with Crippen LogP contribution in [0.1, 0.15) is 39.7 Å². The van der Waals surface area contributed by atoms with Gasteiger partial charge in [-0.05, 0) is 39.3 Å². The van der Waals surface area contributed by atoms with Crippen molar-refractivity contribution in [2.45, 2.75) is 45.3 Å². The zero-order valence-corrected chi connectivity index (χ0v) is 10.6. The average Bonchev–Trinajstić information content (AvgIpc) is 2.69. The number of aromatic nitrogens is 1. The summed E-state index contributed by atoms with van der Waals surface area (Å²) in [5.41, 5.74) is -0.471. The van der Waals surface area contributed by atoms with E-state index in [0.717, 1.165) is 6.29 Å². The molecule has 0 aliphatic heterocycles. The SMILES string of the molecule is CC(C)(C)OC(=O)CC[C@@H](C=O)n1cccc1. The Morgan fingerprint density at radius 2 is 1.94 bits per heavy atom. The second-order valence-electron chi connectivity index (χ2n) is 4.96. The highest BCUT2D eigenvalue weighted by atomic mass is 16.6. The van der Waals surface area contributed by atoms with Gasteiger partial charge in [-0.1, -0.05) is 0 Å². The van der Waals surface area contributed by atoms with Crippen LogP contribution in [0.15, 0.2) is 24.5 Å². The lowest BCUT2D eigenvalue weighted by atomic mass is 10.1. The lowest BCUT2D eigenvalue weighted by Gasteiger charge is -2.20. The van der Waals surface area contributed by atoms with Crippen molar-refractivity contribution in [3.63, 3.8) is 0 Å². The molecule has 0 aliphatic rings. The summed E-state index contributed by atoms with van der Waals surface area (Å²) in [5.74, 6) is -0.267. The van der Waals surface area contributed by atoms with Crippen LogP contribution in [0.5, 0.6) is 0 Å². The second kappa shape index (κ2) is 5.66. The Labute approximate surface area is 102 Å². The third-order valence-corrected chi connectivity index (χ3v) is 2.23. The van der Waals surface area contributed by atoms with E-state index in [2.05, 4.69) is 0 Å². The molecule has 0 fully saturated rings. The minimum Gasteiger partial charge on any atom is -0.460 e. The fourth-order valence-electron chi connectivity index (χ4n) is 1.51. The van der Waals surface area contributed by atoms with Crippen LogP contribution in [0.4, 0.5) is 0 Å². The van der Waals surface area contributed by atoms with E-state index < -0.39 is 5.60 Å². The summed E-state index contributed by atoms with van der Waals surface area (Å²) in [7, 11) is 0. The predicted octanol–water partition coefficient (Wildman–Crippen LogP) is 2.35. The first-order chi connectivity index (χ1) is 7.92. The van der Waals surface area contributed by atoms with E-state index in [1.165, 1.54) is 0 Å². The highest BCUT2D eigenvalue weighted by molar-refractivity contribution is 5.70. The number of carbonyl (C=O) groups excluding carboxylic acids is 2. The Morgan fingerprint density at radius 1 is 1.35 bits per heavy atom. The molecule has 0 saturated carbocycles. The van der Waals surface area contributed by atoms with Gasteiger partial charge in [-0.15, -0.1) is 0 Å². The Balaban J connectivity index is 2.44. The maximum Gasteiger partial charge on any atom is 0.306 e. The van der Waals surface area contributed by atoms with Gasteiger partial charge in [0.2, 0.25) is 0 Å². The molecule has 0 amide bonds. The first kappa shape index (κ1) is 13.5. The van der Waals surface area contributed by atoms with E-state index >= 15 is 0 Å². The van der Waals surface area contributed by atoms with Crippen molar-refractivity contribution in [2.24, 2.45) is 0 Å². The summed E-state index contributed by atoms with van der Waals surface area (Å²) in [6.45, 7) is 5.48. The average molecular weight is 237 g/mol. The zero-order chi connectivity index (χ0) is 12.9. The molecule has 1 rings (SSSR count). The lowest BCUT2D eigenvalue weighted by molar-refractivity contribution is -0.155. The van der Waals surface area contributed by atoms with Gasteiger partial charge in [0.25, 0.3) is 0 Å². The molecule has 0 saturated heterocycles. The Kier molecular flexibility index (Phi) is 4.49. The van der Waals surface area contributed by atoms with Crippen LogP contribution in [0.2, 0.25) is 0 Å². The van der Waals surface area contributed by atoms with Crippen LogP contribution in [0, 0.1) is 0 Å². The van der Waals surface area contributed by atoms with E-state index in [0.29, 0.717) is 6.42 Å². The maximum absolute atomic E-state index is 11.5. The Morgan fingerprint density at radius 3 is 2.41 bits per heavy atom. The van der Waals surface area contributed by atoms with Crippen molar-refractivity contribution in [2.75, 3.05) is 0 Å².